The van der Waals surface area contributed by atoms with Gasteiger partial charge in [0.2, 0.25) is 0 Å². The lowest BCUT2D eigenvalue weighted by Gasteiger charge is -2.16. The third kappa shape index (κ3) is 2.66. The minimum atomic E-state index is 0.419. The minimum Gasteiger partial charge on any atom is -0.399 e. The summed E-state index contributed by atoms with van der Waals surface area (Å²) in [7, 11) is 0. The van der Waals surface area contributed by atoms with Crippen LogP contribution in [0, 0.1) is 5.92 Å². The van der Waals surface area contributed by atoms with Crippen LogP contribution in [0.25, 0.3) is 11.4 Å². The summed E-state index contributed by atoms with van der Waals surface area (Å²) in [5, 5.41) is 12.3. The van der Waals surface area contributed by atoms with E-state index in [2.05, 4.69) is 22.4 Å². The fraction of sp³-hybridized carbons (Fsp3) is 0.533. The smallest absolute Gasteiger partial charge is 0.182 e. The monoisotopic (exact) mass is 271 g/mol. The molecule has 5 heteroatoms. The Morgan fingerprint density at radius 2 is 1.90 bits per heavy atom. The zero-order valence-corrected chi connectivity index (χ0v) is 11.9. The Kier molecular flexibility index (Phi) is 3.67. The highest BCUT2D eigenvalue weighted by molar-refractivity contribution is 5.58. The van der Waals surface area contributed by atoms with Gasteiger partial charge in [0.15, 0.2) is 5.82 Å². The fourth-order valence-electron chi connectivity index (χ4n) is 2.97. The lowest BCUT2D eigenvalue weighted by Crippen LogP contribution is -2.12. The molecule has 1 aliphatic rings. The highest BCUT2D eigenvalue weighted by Crippen LogP contribution is 2.32. The van der Waals surface area contributed by atoms with Gasteiger partial charge in [-0.15, -0.1) is 5.10 Å². The van der Waals surface area contributed by atoms with Gasteiger partial charge in [-0.3, -0.25) is 0 Å². The van der Waals surface area contributed by atoms with Crippen LogP contribution in [-0.4, -0.2) is 20.2 Å². The fourth-order valence-corrected chi connectivity index (χ4v) is 2.97. The first-order chi connectivity index (χ1) is 9.74. The number of anilines is 1. The van der Waals surface area contributed by atoms with E-state index in [1.165, 1.54) is 19.3 Å². The molecule has 2 N–H and O–H groups in total. The molecular weight excluding hydrogens is 250 g/mol. The predicted octanol–water partition coefficient (Wildman–Crippen LogP) is 3.06. The quantitative estimate of drug-likeness (QED) is 0.673. The molecule has 0 aliphatic heterocycles. The average Bonchev–Trinajstić information content (AvgIpc) is 2.83. The summed E-state index contributed by atoms with van der Waals surface area (Å²) in [6.45, 7) is 2.34. The molecule has 1 saturated carbocycles. The van der Waals surface area contributed by atoms with E-state index in [9.17, 15) is 0 Å². The summed E-state index contributed by atoms with van der Waals surface area (Å²) < 4.78 is 2.00. The van der Waals surface area contributed by atoms with Crippen molar-refractivity contribution in [1.29, 1.82) is 0 Å². The second-order valence-corrected chi connectivity index (χ2v) is 5.84. The maximum absolute atomic E-state index is 5.74. The molecule has 0 radical (unpaired) electrons. The molecular formula is C15H21N5. The Morgan fingerprint density at radius 1 is 1.10 bits per heavy atom. The first-order valence-corrected chi connectivity index (χ1v) is 7.38. The van der Waals surface area contributed by atoms with E-state index in [-0.39, 0.29) is 0 Å². The molecule has 1 fully saturated rings. The topological polar surface area (TPSA) is 69.6 Å². The van der Waals surface area contributed by atoms with Gasteiger partial charge >= 0.3 is 0 Å². The number of hydrogen-bond acceptors (Lipinski definition) is 4. The Morgan fingerprint density at radius 3 is 2.70 bits per heavy atom. The maximum Gasteiger partial charge on any atom is 0.182 e. The van der Waals surface area contributed by atoms with Gasteiger partial charge in [0.1, 0.15) is 0 Å². The molecule has 0 saturated heterocycles. The second-order valence-electron chi connectivity index (χ2n) is 5.84. The van der Waals surface area contributed by atoms with Crippen LogP contribution in [0.2, 0.25) is 0 Å². The highest BCUT2D eigenvalue weighted by Gasteiger charge is 2.22. The number of hydrogen-bond donors (Lipinski definition) is 1. The van der Waals surface area contributed by atoms with Crippen LogP contribution in [0.3, 0.4) is 0 Å². The molecule has 2 aromatic rings. The second kappa shape index (κ2) is 5.61. The van der Waals surface area contributed by atoms with Crippen LogP contribution >= 0.6 is 0 Å². The molecule has 0 spiro atoms. The van der Waals surface area contributed by atoms with Crippen molar-refractivity contribution in [3.63, 3.8) is 0 Å². The maximum atomic E-state index is 5.74. The largest absolute Gasteiger partial charge is 0.399 e. The first-order valence-electron chi connectivity index (χ1n) is 7.38. The number of nitrogens with two attached hydrogens (primary N) is 1. The van der Waals surface area contributed by atoms with Gasteiger partial charge < -0.3 is 5.73 Å². The van der Waals surface area contributed by atoms with E-state index >= 15 is 0 Å². The van der Waals surface area contributed by atoms with Crippen LogP contribution in [0.15, 0.2) is 24.3 Å². The lowest BCUT2D eigenvalue weighted by atomic mass is 10.0. The standard InChI is InChI=1S/C15H21N5/c1-11-3-2-4-14(10-5-11)20-15(17-18-19-20)12-6-8-13(16)9-7-12/h6-9,11,14H,2-5,10,16H2,1H3. The van der Waals surface area contributed by atoms with Crippen molar-refractivity contribution in [2.45, 2.75) is 45.1 Å². The number of rotatable bonds is 2. The molecule has 1 aliphatic carbocycles. The van der Waals surface area contributed by atoms with Crippen molar-refractivity contribution in [2.75, 3.05) is 5.73 Å². The van der Waals surface area contributed by atoms with E-state index in [4.69, 9.17) is 5.73 Å². The highest BCUT2D eigenvalue weighted by atomic mass is 15.5. The van der Waals surface area contributed by atoms with Crippen LogP contribution in [0.4, 0.5) is 5.69 Å². The van der Waals surface area contributed by atoms with Gasteiger partial charge in [-0.25, -0.2) is 4.68 Å². The summed E-state index contributed by atoms with van der Waals surface area (Å²) >= 11 is 0. The van der Waals surface area contributed by atoms with E-state index in [0.717, 1.165) is 35.8 Å². The first kappa shape index (κ1) is 13.1. The van der Waals surface area contributed by atoms with Crippen LogP contribution in [0.1, 0.15) is 45.1 Å². The normalized spacial score (nSPS) is 23.4. The molecule has 106 valence electrons. The molecule has 1 heterocycles. The summed E-state index contributed by atoms with van der Waals surface area (Å²) in [5.74, 6) is 1.67. The number of tetrazole rings is 1. The van der Waals surface area contributed by atoms with Crippen molar-refractivity contribution in [2.24, 2.45) is 5.92 Å². The van der Waals surface area contributed by atoms with Gasteiger partial charge in [-0.2, -0.15) is 0 Å². The molecule has 3 rings (SSSR count). The van der Waals surface area contributed by atoms with E-state index in [1.807, 2.05) is 28.9 Å². The van der Waals surface area contributed by atoms with Crippen LogP contribution in [0.5, 0.6) is 0 Å². The molecule has 2 unspecified atom stereocenters. The third-order valence-corrected chi connectivity index (χ3v) is 4.23. The van der Waals surface area contributed by atoms with E-state index < -0.39 is 0 Å². The van der Waals surface area contributed by atoms with Crippen molar-refractivity contribution >= 4 is 5.69 Å². The summed E-state index contributed by atoms with van der Waals surface area (Å²) in [6, 6.07) is 8.17. The number of nitrogens with zero attached hydrogens (tertiary/aromatic N) is 4. The summed E-state index contributed by atoms with van der Waals surface area (Å²) in [5.41, 5.74) is 7.53. The summed E-state index contributed by atoms with van der Waals surface area (Å²) in [6.07, 6.45) is 6.15. The average molecular weight is 271 g/mol. The Hall–Kier alpha value is -1.91. The van der Waals surface area contributed by atoms with Gasteiger partial charge in [0, 0.05) is 11.3 Å². The lowest BCUT2D eigenvalue weighted by molar-refractivity contribution is 0.394. The van der Waals surface area contributed by atoms with Gasteiger partial charge in [0.25, 0.3) is 0 Å². The third-order valence-electron chi connectivity index (χ3n) is 4.23. The Labute approximate surface area is 119 Å². The van der Waals surface area contributed by atoms with E-state index in [1.54, 1.807) is 0 Å². The van der Waals surface area contributed by atoms with Gasteiger partial charge in [0.05, 0.1) is 6.04 Å². The zero-order chi connectivity index (χ0) is 13.9. The Bertz CT molecular complexity index is 560. The predicted molar refractivity (Wildman–Crippen MR) is 79.0 cm³/mol. The van der Waals surface area contributed by atoms with Crippen molar-refractivity contribution in [3.05, 3.63) is 24.3 Å². The number of nitrogen functional groups attached to an aromatic ring is 1. The minimum absolute atomic E-state index is 0.419. The SMILES string of the molecule is CC1CCCC(n2nnnc2-c2ccc(N)cc2)CC1. The van der Waals surface area contributed by atoms with E-state index in [0.29, 0.717) is 6.04 Å². The number of benzene rings is 1. The molecule has 2 atom stereocenters. The van der Waals surface area contributed by atoms with Crippen molar-refractivity contribution < 1.29 is 0 Å². The van der Waals surface area contributed by atoms with Gasteiger partial charge in [-0.05, 0) is 59.9 Å². The molecule has 1 aromatic carbocycles. The Balaban J connectivity index is 1.87. The zero-order valence-electron chi connectivity index (χ0n) is 11.9. The van der Waals surface area contributed by atoms with Crippen LogP contribution in [-0.2, 0) is 0 Å². The van der Waals surface area contributed by atoms with Gasteiger partial charge in [-0.1, -0.05) is 19.8 Å². The van der Waals surface area contributed by atoms with Crippen molar-refractivity contribution in [1.82, 2.24) is 20.2 Å². The summed E-state index contributed by atoms with van der Waals surface area (Å²) in [4.78, 5) is 0. The van der Waals surface area contributed by atoms with Crippen molar-refractivity contribution in [3.8, 4) is 11.4 Å². The molecule has 1 aromatic heterocycles. The molecule has 5 nitrogen and oxygen atoms in total. The molecule has 0 bridgehead atoms. The molecule has 0 amide bonds. The van der Waals surface area contributed by atoms with Crippen LogP contribution < -0.4 is 5.73 Å². The number of aromatic nitrogens is 4. The molecule has 20 heavy (non-hydrogen) atoms.